The Balaban J connectivity index is 2.33. The van der Waals surface area contributed by atoms with Crippen LogP contribution < -0.4 is 10.5 Å². The molecule has 0 aliphatic heterocycles. The van der Waals surface area contributed by atoms with Crippen LogP contribution in [-0.4, -0.2) is 17.9 Å². The Morgan fingerprint density at radius 1 is 1.53 bits per heavy atom. The van der Waals surface area contributed by atoms with Gasteiger partial charge in [0.25, 0.3) is 0 Å². The second kappa shape index (κ2) is 5.46. The van der Waals surface area contributed by atoms with E-state index in [2.05, 4.69) is 4.98 Å². The van der Waals surface area contributed by atoms with E-state index in [9.17, 15) is 9.18 Å². The molecule has 2 rings (SSSR count). The molecule has 100 valence electrons. The summed E-state index contributed by atoms with van der Waals surface area (Å²) >= 11 is 1.29. The summed E-state index contributed by atoms with van der Waals surface area (Å²) in [7, 11) is 1.44. The lowest BCUT2D eigenvalue weighted by molar-refractivity contribution is 0.103. The zero-order valence-corrected chi connectivity index (χ0v) is 11.3. The number of hydrogen-bond acceptors (Lipinski definition) is 5. The molecule has 0 bridgehead atoms. The van der Waals surface area contributed by atoms with Gasteiger partial charge in [-0.25, -0.2) is 9.37 Å². The highest BCUT2D eigenvalue weighted by Crippen LogP contribution is 2.22. The number of methoxy groups -OCH3 is 1. The fourth-order valence-corrected chi connectivity index (χ4v) is 2.30. The Morgan fingerprint density at radius 3 is 2.79 bits per heavy atom. The first-order valence-corrected chi connectivity index (χ1v) is 6.50. The van der Waals surface area contributed by atoms with E-state index in [0.29, 0.717) is 10.8 Å². The Labute approximate surface area is 114 Å². The molecule has 1 aromatic carbocycles. The van der Waals surface area contributed by atoms with Crippen molar-refractivity contribution in [1.82, 2.24) is 4.98 Å². The van der Waals surface area contributed by atoms with E-state index >= 15 is 0 Å². The number of thiazole rings is 1. The van der Waals surface area contributed by atoms with Crippen LogP contribution >= 0.6 is 11.3 Å². The predicted octanol–water partition coefficient (Wildman–Crippen LogP) is 2.54. The number of ether oxygens (including phenoxy) is 1. The molecule has 0 amide bonds. The first kappa shape index (κ1) is 13.6. The molecule has 4 nitrogen and oxygen atoms in total. The van der Waals surface area contributed by atoms with E-state index in [0.717, 1.165) is 0 Å². The van der Waals surface area contributed by atoms with Gasteiger partial charge in [-0.1, -0.05) is 0 Å². The zero-order valence-electron chi connectivity index (χ0n) is 10.5. The third kappa shape index (κ3) is 2.80. The fraction of sp³-hybridized carbons (Fsp3) is 0.231. The topological polar surface area (TPSA) is 65.2 Å². The van der Waals surface area contributed by atoms with Crippen molar-refractivity contribution in [3.8, 4) is 5.75 Å². The molecule has 0 aliphatic carbocycles. The molecular formula is C13H13FN2O2S. The van der Waals surface area contributed by atoms with Gasteiger partial charge >= 0.3 is 0 Å². The van der Waals surface area contributed by atoms with Gasteiger partial charge in [-0.15, -0.1) is 11.3 Å². The van der Waals surface area contributed by atoms with Crippen molar-refractivity contribution in [2.75, 3.05) is 7.11 Å². The van der Waals surface area contributed by atoms with Gasteiger partial charge in [-0.05, 0) is 19.1 Å². The third-order valence-corrected chi connectivity index (χ3v) is 3.61. The Hall–Kier alpha value is -1.79. The quantitative estimate of drug-likeness (QED) is 0.874. The Kier molecular flexibility index (Phi) is 3.92. The summed E-state index contributed by atoms with van der Waals surface area (Å²) in [6.45, 7) is 1.78. The minimum atomic E-state index is -0.625. The van der Waals surface area contributed by atoms with Crippen molar-refractivity contribution in [2.24, 2.45) is 5.73 Å². The number of rotatable bonds is 4. The van der Waals surface area contributed by atoms with Crippen LogP contribution in [-0.2, 0) is 0 Å². The highest BCUT2D eigenvalue weighted by Gasteiger charge is 2.18. The lowest BCUT2D eigenvalue weighted by Crippen LogP contribution is -2.08. The highest BCUT2D eigenvalue weighted by atomic mass is 32.1. The summed E-state index contributed by atoms with van der Waals surface area (Å²) in [6.07, 6.45) is 0. The van der Waals surface area contributed by atoms with Crippen LogP contribution in [0.25, 0.3) is 0 Å². The largest absolute Gasteiger partial charge is 0.497 e. The van der Waals surface area contributed by atoms with Gasteiger partial charge in [-0.2, -0.15) is 0 Å². The number of carbonyl (C=O) groups excluding carboxylic acids is 1. The molecule has 2 N–H and O–H groups in total. The molecular weight excluding hydrogens is 267 g/mol. The molecule has 0 fully saturated rings. The predicted molar refractivity (Wildman–Crippen MR) is 71.1 cm³/mol. The maximum atomic E-state index is 13.8. The van der Waals surface area contributed by atoms with Gasteiger partial charge in [0, 0.05) is 11.4 Å². The molecule has 1 unspecified atom stereocenters. The molecule has 19 heavy (non-hydrogen) atoms. The molecule has 6 heteroatoms. The van der Waals surface area contributed by atoms with Crippen molar-refractivity contribution in [3.63, 3.8) is 0 Å². The van der Waals surface area contributed by atoms with E-state index in [1.165, 1.54) is 36.6 Å². The standard InChI is InChI=1S/C13H13FN2O2S/c1-7(15)13-16-11(6-19-13)12(17)9-4-3-8(18-2)5-10(9)14/h3-7H,15H2,1-2H3. The normalized spacial score (nSPS) is 12.2. The van der Waals surface area contributed by atoms with E-state index < -0.39 is 11.6 Å². The van der Waals surface area contributed by atoms with Gasteiger partial charge < -0.3 is 10.5 Å². The van der Waals surface area contributed by atoms with Gasteiger partial charge in [0.05, 0.1) is 18.7 Å². The number of nitrogens with two attached hydrogens (primary N) is 1. The fourth-order valence-electron chi connectivity index (χ4n) is 1.55. The number of carbonyl (C=O) groups is 1. The minimum Gasteiger partial charge on any atom is -0.497 e. The third-order valence-electron chi connectivity index (χ3n) is 2.56. The number of nitrogens with zero attached hydrogens (tertiary/aromatic N) is 1. The molecule has 1 heterocycles. The molecule has 1 atom stereocenters. The van der Waals surface area contributed by atoms with Crippen LogP contribution in [0, 0.1) is 5.82 Å². The van der Waals surface area contributed by atoms with Crippen molar-refractivity contribution in [3.05, 3.63) is 45.7 Å². The summed E-state index contributed by atoms with van der Waals surface area (Å²) in [4.78, 5) is 16.2. The second-order valence-electron chi connectivity index (χ2n) is 4.03. The second-order valence-corrected chi connectivity index (χ2v) is 4.92. The average molecular weight is 280 g/mol. The lowest BCUT2D eigenvalue weighted by Gasteiger charge is -2.03. The van der Waals surface area contributed by atoms with Crippen LogP contribution in [0.5, 0.6) is 5.75 Å². The van der Waals surface area contributed by atoms with Gasteiger partial charge in [0.1, 0.15) is 22.3 Å². The summed E-state index contributed by atoms with van der Waals surface area (Å²) in [5.41, 5.74) is 5.86. The molecule has 0 radical (unpaired) electrons. The first-order chi connectivity index (χ1) is 9.02. The molecule has 0 aliphatic rings. The van der Waals surface area contributed by atoms with E-state index in [1.807, 2.05) is 0 Å². The molecule has 0 saturated carbocycles. The number of halogens is 1. The molecule has 0 saturated heterocycles. The number of ketones is 1. The number of benzene rings is 1. The van der Waals surface area contributed by atoms with Gasteiger partial charge in [0.15, 0.2) is 0 Å². The maximum absolute atomic E-state index is 13.8. The Bertz CT molecular complexity index is 610. The molecule has 2 aromatic rings. The van der Waals surface area contributed by atoms with Gasteiger partial charge in [0.2, 0.25) is 5.78 Å². The summed E-state index contributed by atoms with van der Waals surface area (Å²) < 4.78 is 18.7. The van der Waals surface area contributed by atoms with Gasteiger partial charge in [-0.3, -0.25) is 4.79 Å². The first-order valence-electron chi connectivity index (χ1n) is 5.62. The van der Waals surface area contributed by atoms with Crippen LogP contribution in [0.2, 0.25) is 0 Å². The van der Waals surface area contributed by atoms with Crippen molar-refractivity contribution < 1.29 is 13.9 Å². The number of hydrogen-bond donors (Lipinski definition) is 1. The number of aromatic nitrogens is 1. The van der Waals surface area contributed by atoms with E-state index in [1.54, 1.807) is 12.3 Å². The van der Waals surface area contributed by atoms with Crippen molar-refractivity contribution in [2.45, 2.75) is 13.0 Å². The monoisotopic (exact) mass is 280 g/mol. The van der Waals surface area contributed by atoms with Crippen LogP contribution in [0.4, 0.5) is 4.39 Å². The maximum Gasteiger partial charge on any atom is 0.215 e. The summed E-state index contributed by atoms with van der Waals surface area (Å²) in [5.74, 6) is -0.716. The average Bonchev–Trinajstić information content (AvgIpc) is 2.87. The molecule has 1 aromatic heterocycles. The molecule has 0 spiro atoms. The van der Waals surface area contributed by atoms with E-state index in [4.69, 9.17) is 10.5 Å². The lowest BCUT2D eigenvalue weighted by atomic mass is 10.1. The van der Waals surface area contributed by atoms with Crippen LogP contribution in [0.3, 0.4) is 0 Å². The summed E-state index contributed by atoms with van der Waals surface area (Å²) in [6, 6.07) is 3.86. The summed E-state index contributed by atoms with van der Waals surface area (Å²) in [5, 5.41) is 2.24. The van der Waals surface area contributed by atoms with Crippen LogP contribution in [0.15, 0.2) is 23.6 Å². The Morgan fingerprint density at radius 2 is 2.26 bits per heavy atom. The van der Waals surface area contributed by atoms with Crippen LogP contribution in [0.1, 0.15) is 34.0 Å². The smallest absolute Gasteiger partial charge is 0.215 e. The highest BCUT2D eigenvalue weighted by molar-refractivity contribution is 7.09. The SMILES string of the molecule is COc1ccc(C(=O)c2csc(C(C)N)n2)c(F)c1. The van der Waals surface area contributed by atoms with Crippen molar-refractivity contribution in [1.29, 1.82) is 0 Å². The zero-order chi connectivity index (χ0) is 14.0. The minimum absolute atomic E-state index is 0.0256. The van der Waals surface area contributed by atoms with E-state index in [-0.39, 0.29) is 17.3 Å². The van der Waals surface area contributed by atoms with Crippen molar-refractivity contribution >= 4 is 17.1 Å².